The molecule has 0 aromatic heterocycles. The van der Waals surface area contributed by atoms with Gasteiger partial charge >= 0.3 is 0 Å². The van der Waals surface area contributed by atoms with Crippen LogP contribution in [0.3, 0.4) is 0 Å². The first-order chi connectivity index (χ1) is 18.0. The van der Waals surface area contributed by atoms with E-state index in [1.165, 1.54) is 11.0 Å². The molecule has 2 N–H and O–H groups in total. The minimum absolute atomic E-state index is 0.0275. The average molecular weight is 542 g/mol. The normalized spacial score (nSPS) is 12.5. The van der Waals surface area contributed by atoms with Gasteiger partial charge in [-0.05, 0) is 36.7 Å². The molecular formula is C28H51N3O7. The molecule has 10 heteroatoms. The lowest BCUT2D eigenvalue weighted by Gasteiger charge is -2.28. The van der Waals surface area contributed by atoms with Crippen LogP contribution >= 0.6 is 0 Å². The van der Waals surface area contributed by atoms with Crippen LogP contribution in [-0.2, 0) is 33.4 Å². The summed E-state index contributed by atoms with van der Waals surface area (Å²) in [5.41, 5.74) is 0.123. The molecule has 0 saturated heterocycles. The third kappa shape index (κ3) is 20.7. The Morgan fingerprint density at radius 3 is 1.89 bits per heavy atom. The van der Waals surface area contributed by atoms with Gasteiger partial charge in [0, 0.05) is 58.3 Å². The molecule has 10 nitrogen and oxygen atoms in total. The van der Waals surface area contributed by atoms with Crippen LogP contribution in [0.5, 0.6) is 0 Å². The van der Waals surface area contributed by atoms with Gasteiger partial charge in [-0.2, -0.15) is 0 Å². The van der Waals surface area contributed by atoms with Gasteiger partial charge in [0.2, 0.25) is 17.7 Å². The molecule has 0 rings (SSSR count). The van der Waals surface area contributed by atoms with Gasteiger partial charge in [0.1, 0.15) is 6.29 Å². The van der Waals surface area contributed by atoms with Gasteiger partial charge in [0.05, 0.1) is 26.4 Å². The zero-order valence-electron chi connectivity index (χ0n) is 24.4. The predicted molar refractivity (Wildman–Crippen MR) is 148 cm³/mol. The first-order valence-corrected chi connectivity index (χ1v) is 13.6. The van der Waals surface area contributed by atoms with E-state index in [0.29, 0.717) is 71.4 Å². The summed E-state index contributed by atoms with van der Waals surface area (Å²) in [6.45, 7) is 15.0. The van der Waals surface area contributed by atoms with E-state index in [2.05, 4.69) is 45.3 Å². The summed E-state index contributed by atoms with van der Waals surface area (Å²) in [7, 11) is 1.58. The minimum Gasteiger partial charge on any atom is -0.379 e. The standard InChI is InChI=1S/C28H51N3O7/c1-23(2)24(22-28(3,4)5)27(35)30-13-9-17-37-19-21-38-20-18-36-16-8-12-29-25(33)11-14-31(6)26(34)10-7-15-32/h7,10,15,23-24H,8-9,11-14,16-22H2,1-6H3,(H,29,33)(H,30,35)/b10-7-. The smallest absolute Gasteiger partial charge is 0.246 e. The first-order valence-electron chi connectivity index (χ1n) is 13.6. The van der Waals surface area contributed by atoms with Crippen molar-refractivity contribution in [2.24, 2.45) is 17.3 Å². The molecule has 0 fully saturated rings. The molecule has 0 aromatic carbocycles. The lowest BCUT2D eigenvalue weighted by Crippen LogP contribution is -2.36. The Bertz CT molecular complexity index is 705. The highest BCUT2D eigenvalue weighted by Gasteiger charge is 2.27. The number of nitrogens with zero attached hydrogens (tertiary/aromatic N) is 1. The molecule has 38 heavy (non-hydrogen) atoms. The minimum atomic E-state index is -0.320. The van der Waals surface area contributed by atoms with Crippen molar-refractivity contribution in [3.8, 4) is 0 Å². The van der Waals surface area contributed by atoms with Crippen LogP contribution in [0.15, 0.2) is 12.2 Å². The fraction of sp³-hybridized carbons (Fsp3) is 0.786. The average Bonchev–Trinajstić information content (AvgIpc) is 2.85. The number of allylic oxidation sites excluding steroid dienone is 1. The van der Waals surface area contributed by atoms with Crippen LogP contribution in [0.1, 0.15) is 60.3 Å². The molecule has 0 aliphatic rings. The van der Waals surface area contributed by atoms with Crippen molar-refractivity contribution in [2.75, 3.05) is 66.3 Å². The lowest BCUT2D eigenvalue weighted by atomic mass is 9.79. The van der Waals surface area contributed by atoms with Crippen molar-refractivity contribution in [1.82, 2.24) is 15.5 Å². The molecule has 0 aromatic rings. The molecule has 220 valence electrons. The number of amides is 3. The van der Waals surface area contributed by atoms with Crippen LogP contribution in [0, 0.1) is 17.3 Å². The van der Waals surface area contributed by atoms with Crippen molar-refractivity contribution in [3.63, 3.8) is 0 Å². The van der Waals surface area contributed by atoms with Crippen LogP contribution < -0.4 is 10.6 Å². The Morgan fingerprint density at radius 1 is 0.868 bits per heavy atom. The second-order valence-corrected chi connectivity index (χ2v) is 10.8. The Morgan fingerprint density at radius 2 is 1.39 bits per heavy atom. The topological polar surface area (TPSA) is 123 Å². The second kappa shape index (κ2) is 21.6. The Kier molecular flexibility index (Phi) is 20.3. The van der Waals surface area contributed by atoms with Gasteiger partial charge < -0.3 is 29.7 Å². The first kappa shape index (κ1) is 35.7. The van der Waals surface area contributed by atoms with Crippen LogP contribution in [0.2, 0.25) is 0 Å². The van der Waals surface area contributed by atoms with Crippen molar-refractivity contribution >= 4 is 24.0 Å². The van der Waals surface area contributed by atoms with Gasteiger partial charge in [0.25, 0.3) is 0 Å². The maximum Gasteiger partial charge on any atom is 0.246 e. The number of ether oxygens (including phenoxy) is 3. The van der Waals surface area contributed by atoms with Gasteiger partial charge in [-0.25, -0.2) is 0 Å². The van der Waals surface area contributed by atoms with Gasteiger partial charge in [0.15, 0.2) is 0 Å². The monoisotopic (exact) mass is 541 g/mol. The predicted octanol–water partition coefficient (Wildman–Crippen LogP) is 2.36. The Hall–Kier alpha value is -2.30. The lowest BCUT2D eigenvalue weighted by molar-refractivity contribution is -0.128. The van der Waals surface area contributed by atoms with E-state index in [0.717, 1.165) is 18.9 Å². The molecule has 0 bridgehead atoms. The fourth-order valence-corrected chi connectivity index (χ4v) is 3.47. The number of carbonyl (C=O) groups is 4. The van der Waals surface area contributed by atoms with E-state index in [-0.39, 0.29) is 42.0 Å². The quantitative estimate of drug-likeness (QED) is 0.123. The highest BCUT2D eigenvalue weighted by molar-refractivity contribution is 5.91. The van der Waals surface area contributed by atoms with Crippen LogP contribution in [0.4, 0.5) is 0 Å². The number of hydrogen-bond donors (Lipinski definition) is 2. The molecule has 3 amide bonds. The third-order valence-electron chi connectivity index (χ3n) is 5.64. The number of likely N-dealkylation sites (N-methyl/N-ethyl adjacent to an activating group) is 1. The summed E-state index contributed by atoms with van der Waals surface area (Å²) >= 11 is 0. The van der Waals surface area contributed by atoms with Crippen molar-refractivity contribution in [1.29, 1.82) is 0 Å². The molecule has 0 aliphatic carbocycles. The molecule has 1 unspecified atom stereocenters. The molecule has 0 radical (unpaired) electrons. The summed E-state index contributed by atoms with van der Waals surface area (Å²) in [6, 6.07) is 0. The summed E-state index contributed by atoms with van der Waals surface area (Å²) in [5.74, 6) is 0.00506. The maximum atomic E-state index is 12.5. The number of aldehydes is 1. The summed E-state index contributed by atoms with van der Waals surface area (Å²) < 4.78 is 16.5. The van der Waals surface area contributed by atoms with Gasteiger partial charge in [-0.3, -0.25) is 19.2 Å². The zero-order valence-corrected chi connectivity index (χ0v) is 24.4. The van der Waals surface area contributed by atoms with E-state index >= 15 is 0 Å². The Labute approximate surface area is 229 Å². The fourth-order valence-electron chi connectivity index (χ4n) is 3.47. The van der Waals surface area contributed by atoms with Gasteiger partial charge in [-0.1, -0.05) is 34.6 Å². The summed E-state index contributed by atoms with van der Waals surface area (Å²) in [5, 5.41) is 5.82. The van der Waals surface area contributed by atoms with E-state index in [4.69, 9.17) is 14.2 Å². The SMILES string of the molecule is CC(C)C(CC(C)(C)C)C(=O)NCCCOCCOCCOCCCNC(=O)CCN(C)C(=O)/C=C\C=O. The summed E-state index contributed by atoms with van der Waals surface area (Å²) in [4.78, 5) is 47.5. The highest BCUT2D eigenvalue weighted by atomic mass is 16.5. The van der Waals surface area contributed by atoms with Crippen LogP contribution in [-0.4, -0.2) is 95.2 Å². The van der Waals surface area contributed by atoms with Gasteiger partial charge in [-0.15, -0.1) is 0 Å². The van der Waals surface area contributed by atoms with Crippen molar-refractivity contribution in [3.05, 3.63) is 12.2 Å². The van der Waals surface area contributed by atoms with E-state index in [9.17, 15) is 19.2 Å². The van der Waals surface area contributed by atoms with Crippen LogP contribution in [0.25, 0.3) is 0 Å². The number of carbonyl (C=O) groups excluding carboxylic acids is 4. The van der Waals surface area contributed by atoms with E-state index < -0.39 is 0 Å². The molecule has 0 aliphatic heterocycles. The van der Waals surface area contributed by atoms with Crippen molar-refractivity contribution in [2.45, 2.75) is 60.3 Å². The molecule has 0 spiro atoms. The second-order valence-electron chi connectivity index (χ2n) is 10.8. The number of hydrogen-bond acceptors (Lipinski definition) is 7. The maximum absolute atomic E-state index is 12.5. The number of nitrogens with one attached hydrogen (secondary N) is 2. The third-order valence-corrected chi connectivity index (χ3v) is 5.64. The van der Waals surface area contributed by atoms with E-state index in [1.807, 2.05) is 0 Å². The van der Waals surface area contributed by atoms with Crippen molar-refractivity contribution < 1.29 is 33.4 Å². The number of rotatable bonds is 22. The molecule has 0 heterocycles. The molecular weight excluding hydrogens is 490 g/mol. The molecule has 1 atom stereocenters. The molecule has 0 saturated carbocycles. The largest absolute Gasteiger partial charge is 0.379 e. The highest BCUT2D eigenvalue weighted by Crippen LogP contribution is 2.28. The zero-order chi connectivity index (χ0) is 28.8. The van der Waals surface area contributed by atoms with E-state index in [1.54, 1.807) is 7.05 Å². The Balaban J connectivity index is 3.57. The summed E-state index contributed by atoms with van der Waals surface area (Å²) in [6.07, 6.45) is 5.33.